The van der Waals surface area contributed by atoms with Gasteiger partial charge in [-0.3, -0.25) is 4.79 Å². The van der Waals surface area contributed by atoms with Crippen molar-refractivity contribution in [1.29, 1.82) is 0 Å². The Morgan fingerprint density at radius 2 is 2.23 bits per heavy atom. The number of likely N-dealkylation sites (tertiary alicyclic amines) is 1. The van der Waals surface area contributed by atoms with E-state index in [1.165, 1.54) is 11.8 Å². The Labute approximate surface area is 137 Å². The van der Waals surface area contributed by atoms with Crippen molar-refractivity contribution in [3.05, 3.63) is 22.0 Å². The summed E-state index contributed by atoms with van der Waals surface area (Å²) in [4.78, 5) is 18.5. The van der Waals surface area contributed by atoms with Crippen LogP contribution in [0.2, 0.25) is 0 Å². The predicted octanol–water partition coefficient (Wildman–Crippen LogP) is 2.53. The zero-order chi connectivity index (χ0) is 15.5. The normalized spacial score (nSPS) is 16.2. The number of hydrogen-bond donors (Lipinski definition) is 0. The van der Waals surface area contributed by atoms with Gasteiger partial charge >= 0.3 is 0 Å². The SMILES string of the molecule is Cc1nc(Cc2nnc(SC(C)C(=O)N3CCCC3)o2)cs1. The smallest absolute Gasteiger partial charge is 0.277 e. The molecule has 3 rings (SSSR count). The standard InChI is InChI=1S/C14H18N4O2S2/c1-9(13(19)18-5-3-4-6-18)22-14-17-16-12(20-14)7-11-8-21-10(2)15-11/h8-9H,3-7H2,1-2H3. The minimum Gasteiger partial charge on any atom is -0.416 e. The van der Waals surface area contributed by atoms with E-state index in [-0.39, 0.29) is 11.2 Å². The fourth-order valence-corrected chi connectivity index (χ4v) is 3.80. The molecule has 0 aromatic carbocycles. The topological polar surface area (TPSA) is 72.1 Å². The van der Waals surface area contributed by atoms with Crippen LogP contribution in [-0.2, 0) is 11.2 Å². The molecule has 8 heteroatoms. The highest BCUT2D eigenvalue weighted by atomic mass is 32.2. The third-order valence-corrected chi connectivity index (χ3v) is 5.23. The van der Waals surface area contributed by atoms with Crippen LogP contribution in [-0.4, -0.2) is 44.3 Å². The number of amides is 1. The molecule has 1 unspecified atom stereocenters. The highest BCUT2D eigenvalue weighted by Gasteiger charge is 2.25. The number of thiazole rings is 1. The Balaban J connectivity index is 1.57. The zero-order valence-electron chi connectivity index (χ0n) is 12.6. The summed E-state index contributed by atoms with van der Waals surface area (Å²) in [6.07, 6.45) is 2.73. The first-order valence-electron chi connectivity index (χ1n) is 7.30. The molecule has 118 valence electrons. The largest absolute Gasteiger partial charge is 0.416 e. The molecule has 1 amide bonds. The van der Waals surface area contributed by atoms with Gasteiger partial charge in [0.25, 0.3) is 5.22 Å². The summed E-state index contributed by atoms with van der Waals surface area (Å²) in [5.41, 5.74) is 0.934. The number of carbonyl (C=O) groups excluding carboxylic acids is 1. The van der Waals surface area contributed by atoms with Gasteiger partial charge in [0.1, 0.15) is 0 Å². The van der Waals surface area contributed by atoms with Crippen LogP contribution in [0, 0.1) is 6.92 Å². The second-order valence-electron chi connectivity index (χ2n) is 5.29. The molecule has 0 saturated carbocycles. The number of rotatable bonds is 5. The van der Waals surface area contributed by atoms with Crippen molar-refractivity contribution in [3.63, 3.8) is 0 Å². The molecule has 1 aliphatic heterocycles. The van der Waals surface area contributed by atoms with Crippen LogP contribution < -0.4 is 0 Å². The fraction of sp³-hybridized carbons (Fsp3) is 0.571. The maximum atomic E-state index is 12.3. The van der Waals surface area contributed by atoms with Gasteiger partial charge in [-0.25, -0.2) is 4.98 Å². The Hall–Kier alpha value is -1.41. The van der Waals surface area contributed by atoms with Crippen LogP contribution in [0.5, 0.6) is 0 Å². The Kier molecular flexibility index (Phi) is 4.77. The summed E-state index contributed by atoms with van der Waals surface area (Å²) < 4.78 is 5.61. The van der Waals surface area contributed by atoms with E-state index in [1.54, 1.807) is 11.3 Å². The fourth-order valence-electron chi connectivity index (χ4n) is 2.40. The molecule has 1 saturated heterocycles. The third kappa shape index (κ3) is 3.67. The minimum atomic E-state index is -0.201. The molecule has 6 nitrogen and oxygen atoms in total. The van der Waals surface area contributed by atoms with Crippen LogP contribution in [0.25, 0.3) is 0 Å². The van der Waals surface area contributed by atoms with Crippen molar-refractivity contribution in [2.75, 3.05) is 13.1 Å². The quantitative estimate of drug-likeness (QED) is 0.780. The summed E-state index contributed by atoms with van der Waals surface area (Å²) in [7, 11) is 0. The average molecular weight is 338 g/mol. The molecule has 0 spiro atoms. The second-order valence-corrected chi connectivity index (χ2v) is 7.64. The third-order valence-electron chi connectivity index (χ3n) is 3.49. The first kappa shape index (κ1) is 15.5. The van der Waals surface area contributed by atoms with E-state index in [2.05, 4.69) is 15.2 Å². The lowest BCUT2D eigenvalue weighted by Crippen LogP contribution is -2.34. The van der Waals surface area contributed by atoms with Crippen molar-refractivity contribution < 1.29 is 9.21 Å². The Bertz CT molecular complexity index is 649. The molecular weight excluding hydrogens is 320 g/mol. The molecule has 0 radical (unpaired) electrons. The Morgan fingerprint density at radius 1 is 1.45 bits per heavy atom. The molecule has 3 heterocycles. The highest BCUT2D eigenvalue weighted by molar-refractivity contribution is 8.00. The van der Waals surface area contributed by atoms with Crippen LogP contribution in [0.15, 0.2) is 15.0 Å². The lowest BCUT2D eigenvalue weighted by Gasteiger charge is -2.18. The molecule has 2 aromatic rings. The molecule has 0 bridgehead atoms. The van der Waals surface area contributed by atoms with E-state index < -0.39 is 0 Å². The van der Waals surface area contributed by atoms with Crippen molar-refractivity contribution in [3.8, 4) is 0 Å². The molecule has 0 aliphatic carbocycles. The zero-order valence-corrected chi connectivity index (χ0v) is 14.2. The number of aryl methyl sites for hydroxylation is 1. The van der Waals surface area contributed by atoms with E-state index in [4.69, 9.17) is 4.42 Å². The summed E-state index contributed by atoms with van der Waals surface area (Å²) >= 11 is 2.93. The van der Waals surface area contributed by atoms with Gasteiger partial charge in [0.05, 0.1) is 22.4 Å². The first-order valence-corrected chi connectivity index (χ1v) is 9.06. The monoisotopic (exact) mass is 338 g/mol. The van der Waals surface area contributed by atoms with Gasteiger partial charge in [-0.2, -0.15) is 0 Å². The summed E-state index contributed by atoms with van der Waals surface area (Å²) in [6.45, 7) is 5.58. The average Bonchev–Trinajstić information content (AvgIpc) is 3.21. The van der Waals surface area contributed by atoms with E-state index >= 15 is 0 Å². The lowest BCUT2D eigenvalue weighted by molar-refractivity contribution is -0.129. The second kappa shape index (κ2) is 6.78. The molecule has 22 heavy (non-hydrogen) atoms. The Morgan fingerprint density at radius 3 is 2.91 bits per heavy atom. The first-order chi connectivity index (χ1) is 10.6. The van der Waals surface area contributed by atoms with Gasteiger partial charge in [0.15, 0.2) is 0 Å². The van der Waals surface area contributed by atoms with Crippen molar-refractivity contribution in [2.24, 2.45) is 0 Å². The lowest BCUT2D eigenvalue weighted by atomic mass is 10.3. The number of nitrogens with zero attached hydrogens (tertiary/aromatic N) is 4. The van der Waals surface area contributed by atoms with Gasteiger partial charge in [-0.1, -0.05) is 11.8 Å². The molecule has 1 fully saturated rings. The number of thioether (sulfide) groups is 1. The van der Waals surface area contributed by atoms with Crippen LogP contribution in [0.3, 0.4) is 0 Å². The predicted molar refractivity (Wildman–Crippen MR) is 85.1 cm³/mol. The molecule has 2 aromatic heterocycles. The number of aromatic nitrogens is 3. The maximum Gasteiger partial charge on any atom is 0.277 e. The summed E-state index contributed by atoms with van der Waals surface area (Å²) in [6, 6.07) is 0. The van der Waals surface area contributed by atoms with Crippen LogP contribution in [0.1, 0.15) is 36.4 Å². The van der Waals surface area contributed by atoms with E-state index in [1.807, 2.05) is 24.1 Å². The maximum absolute atomic E-state index is 12.3. The van der Waals surface area contributed by atoms with Crippen molar-refractivity contribution in [2.45, 2.75) is 43.6 Å². The van der Waals surface area contributed by atoms with Crippen LogP contribution in [0.4, 0.5) is 0 Å². The van der Waals surface area contributed by atoms with Gasteiger partial charge in [0.2, 0.25) is 11.8 Å². The van der Waals surface area contributed by atoms with E-state index in [0.29, 0.717) is 17.5 Å². The molecule has 0 N–H and O–H groups in total. The van der Waals surface area contributed by atoms with Crippen molar-refractivity contribution >= 4 is 29.0 Å². The van der Waals surface area contributed by atoms with E-state index in [9.17, 15) is 4.79 Å². The van der Waals surface area contributed by atoms with Gasteiger partial charge < -0.3 is 9.32 Å². The van der Waals surface area contributed by atoms with E-state index in [0.717, 1.165) is 36.6 Å². The molecular formula is C14H18N4O2S2. The highest BCUT2D eigenvalue weighted by Crippen LogP contribution is 2.25. The minimum absolute atomic E-state index is 0.150. The van der Waals surface area contributed by atoms with Crippen LogP contribution >= 0.6 is 23.1 Å². The van der Waals surface area contributed by atoms with Gasteiger partial charge in [-0.05, 0) is 26.7 Å². The van der Waals surface area contributed by atoms with Crippen molar-refractivity contribution in [1.82, 2.24) is 20.1 Å². The molecule has 1 atom stereocenters. The molecule has 1 aliphatic rings. The van der Waals surface area contributed by atoms with Gasteiger partial charge in [-0.15, -0.1) is 21.5 Å². The summed E-state index contributed by atoms with van der Waals surface area (Å²) in [5.74, 6) is 0.686. The summed E-state index contributed by atoms with van der Waals surface area (Å²) in [5, 5.41) is 11.3. The number of carbonyl (C=O) groups is 1. The van der Waals surface area contributed by atoms with Gasteiger partial charge in [0, 0.05) is 18.5 Å². The number of hydrogen-bond acceptors (Lipinski definition) is 7.